The Morgan fingerprint density at radius 2 is 2.00 bits per heavy atom. The van der Waals surface area contributed by atoms with Crippen LogP contribution in [0, 0.1) is 0 Å². The Hall–Kier alpha value is -0.820. The molecule has 0 radical (unpaired) electrons. The summed E-state index contributed by atoms with van der Waals surface area (Å²) >= 11 is 0. The minimum atomic E-state index is 1.02. The fraction of sp³-hybridized carbons (Fsp3) is 0.400. The molecule has 0 unspecified atom stereocenters. The van der Waals surface area contributed by atoms with Gasteiger partial charge in [0.05, 0.1) is 0 Å². The van der Waals surface area contributed by atoms with Crippen LogP contribution in [-0.4, -0.2) is 25.5 Å². The molecule has 1 heteroatoms. The highest BCUT2D eigenvalue weighted by Gasteiger charge is 1.88. The maximum atomic E-state index is 3.59. The van der Waals surface area contributed by atoms with Crippen molar-refractivity contribution in [1.82, 2.24) is 4.90 Å². The fourth-order valence-electron chi connectivity index (χ4n) is 0.850. The van der Waals surface area contributed by atoms with E-state index in [2.05, 4.69) is 38.6 Å². The first-order valence-corrected chi connectivity index (χ1v) is 3.76. The predicted octanol–water partition coefficient (Wildman–Crippen LogP) is 2.24. The van der Waals surface area contributed by atoms with Crippen molar-refractivity contribution in [2.75, 3.05) is 20.6 Å². The van der Waals surface area contributed by atoms with Crippen molar-refractivity contribution in [1.29, 1.82) is 0 Å². The number of likely N-dealkylation sites (N-methyl/N-ethyl adjacent to an activating group) is 1. The smallest absolute Gasteiger partial charge is 0.0187 e. The monoisotopic (exact) mass is 151 g/mol. The lowest BCUT2D eigenvalue weighted by Gasteiger charge is -2.08. The van der Waals surface area contributed by atoms with E-state index in [1.165, 1.54) is 5.57 Å². The van der Waals surface area contributed by atoms with Gasteiger partial charge in [-0.25, -0.2) is 0 Å². The highest BCUT2D eigenvalue weighted by molar-refractivity contribution is 5.14. The van der Waals surface area contributed by atoms with E-state index < -0.39 is 0 Å². The van der Waals surface area contributed by atoms with Gasteiger partial charge >= 0.3 is 0 Å². The second kappa shape index (κ2) is 5.93. The molecule has 0 saturated heterocycles. The van der Waals surface area contributed by atoms with Crippen LogP contribution in [0.5, 0.6) is 0 Å². The predicted molar refractivity (Wildman–Crippen MR) is 51.6 cm³/mol. The van der Waals surface area contributed by atoms with Gasteiger partial charge < -0.3 is 4.90 Å². The van der Waals surface area contributed by atoms with Gasteiger partial charge in [-0.05, 0) is 21.0 Å². The molecule has 11 heavy (non-hydrogen) atoms. The van der Waals surface area contributed by atoms with E-state index in [0.29, 0.717) is 0 Å². The van der Waals surface area contributed by atoms with Crippen LogP contribution in [-0.2, 0) is 0 Å². The summed E-state index contributed by atoms with van der Waals surface area (Å²) in [5.41, 5.74) is 1.35. The van der Waals surface area contributed by atoms with Crippen LogP contribution in [0.1, 0.15) is 6.92 Å². The molecule has 0 aliphatic carbocycles. The van der Waals surface area contributed by atoms with Gasteiger partial charge in [-0.15, -0.1) is 0 Å². The Bertz CT molecular complexity index is 164. The number of nitrogens with zero attached hydrogens (tertiary/aromatic N) is 1. The Morgan fingerprint density at radius 3 is 2.45 bits per heavy atom. The largest absolute Gasteiger partial charge is 0.305 e. The molecule has 0 aromatic rings. The van der Waals surface area contributed by atoms with Crippen LogP contribution in [0.15, 0.2) is 36.5 Å². The third-order valence-corrected chi connectivity index (χ3v) is 1.19. The molecular formula is C10H17N. The number of rotatable bonds is 4. The molecule has 0 heterocycles. The van der Waals surface area contributed by atoms with Gasteiger partial charge in [-0.2, -0.15) is 0 Å². The van der Waals surface area contributed by atoms with Crippen LogP contribution in [0.3, 0.4) is 0 Å². The summed E-state index contributed by atoms with van der Waals surface area (Å²) < 4.78 is 0. The van der Waals surface area contributed by atoms with Gasteiger partial charge in [-0.1, -0.05) is 36.5 Å². The SMILES string of the molecule is C=C/C=C\C=C(/C)CN(C)C. The molecule has 0 fully saturated rings. The Kier molecular flexibility index (Phi) is 5.49. The van der Waals surface area contributed by atoms with Crippen LogP contribution in [0.25, 0.3) is 0 Å². The first-order valence-electron chi connectivity index (χ1n) is 3.76. The number of hydrogen-bond donors (Lipinski definition) is 0. The lowest BCUT2D eigenvalue weighted by Crippen LogP contribution is -2.13. The minimum absolute atomic E-state index is 1.02. The van der Waals surface area contributed by atoms with Gasteiger partial charge in [0.1, 0.15) is 0 Å². The highest BCUT2D eigenvalue weighted by Crippen LogP contribution is 1.94. The summed E-state index contributed by atoms with van der Waals surface area (Å²) in [6, 6.07) is 0. The van der Waals surface area contributed by atoms with Crippen LogP contribution in [0.4, 0.5) is 0 Å². The minimum Gasteiger partial charge on any atom is -0.305 e. The third kappa shape index (κ3) is 7.07. The molecule has 0 spiro atoms. The zero-order chi connectivity index (χ0) is 8.69. The summed E-state index contributed by atoms with van der Waals surface area (Å²) in [7, 11) is 4.13. The van der Waals surface area contributed by atoms with E-state index in [0.717, 1.165) is 6.54 Å². The average Bonchev–Trinajstić information content (AvgIpc) is 1.86. The van der Waals surface area contributed by atoms with Crippen molar-refractivity contribution in [3.63, 3.8) is 0 Å². The lowest BCUT2D eigenvalue weighted by molar-refractivity contribution is 0.445. The van der Waals surface area contributed by atoms with Crippen molar-refractivity contribution in [2.45, 2.75) is 6.92 Å². The molecule has 0 atom stereocenters. The second-order valence-electron chi connectivity index (χ2n) is 2.87. The molecule has 0 aromatic carbocycles. The van der Waals surface area contributed by atoms with Crippen molar-refractivity contribution in [3.8, 4) is 0 Å². The summed E-state index contributed by atoms with van der Waals surface area (Å²) in [6.07, 6.45) is 7.81. The maximum absolute atomic E-state index is 3.59. The molecule has 0 saturated carbocycles. The topological polar surface area (TPSA) is 3.24 Å². The summed E-state index contributed by atoms with van der Waals surface area (Å²) in [4.78, 5) is 2.15. The standard InChI is InChI=1S/C10H17N/c1-5-6-7-8-10(2)9-11(3)4/h5-8H,1,9H2,2-4H3/b7-6-,10-8+. The van der Waals surface area contributed by atoms with Crippen molar-refractivity contribution in [3.05, 3.63) is 36.5 Å². The molecule has 1 nitrogen and oxygen atoms in total. The molecule has 62 valence electrons. The molecule has 0 aliphatic heterocycles. The Morgan fingerprint density at radius 1 is 1.36 bits per heavy atom. The molecular weight excluding hydrogens is 134 g/mol. The van der Waals surface area contributed by atoms with E-state index in [9.17, 15) is 0 Å². The van der Waals surface area contributed by atoms with Gasteiger partial charge in [0.2, 0.25) is 0 Å². The zero-order valence-corrected chi connectivity index (χ0v) is 7.67. The number of allylic oxidation sites excluding steroid dienone is 4. The van der Waals surface area contributed by atoms with Gasteiger partial charge in [0, 0.05) is 6.54 Å². The van der Waals surface area contributed by atoms with Crippen molar-refractivity contribution < 1.29 is 0 Å². The molecule has 0 aromatic heterocycles. The van der Waals surface area contributed by atoms with Crippen LogP contribution in [0.2, 0.25) is 0 Å². The Labute approximate surface area is 69.7 Å². The summed E-state index contributed by atoms with van der Waals surface area (Å²) in [6.45, 7) is 6.73. The van der Waals surface area contributed by atoms with Gasteiger partial charge in [-0.3, -0.25) is 0 Å². The maximum Gasteiger partial charge on any atom is 0.0187 e. The second-order valence-corrected chi connectivity index (χ2v) is 2.87. The molecule has 0 bridgehead atoms. The van der Waals surface area contributed by atoms with Crippen LogP contribution < -0.4 is 0 Å². The van der Waals surface area contributed by atoms with E-state index in [1.54, 1.807) is 6.08 Å². The molecule has 0 N–H and O–H groups in total. The first kappa shape index (κ1) is 10.2. The van der Waals surface area contributed by atoms with Crippen molar-refractivity contribution >= 4 is 0 Å². The summed E-state index contributed by atoms with van der Waals surface area (Å²) in [5.74, 6) is 0. The molecule has 0 aliphatic rings. The van der Waals surface area contributed by atoms with Crippen LogP contribution >= 0.6 is 0 Å². The normalized spacial score (nSPS) is 12.9. The quantitative estimate of drug-likeness (QED) is 0.557. The lowest BCUT2D eigenvalue weighted by atomic mass is 10.2. The van der Waals surface area contributed by atoms with Gasteiger partial charge in [0.25, 0.3) is 0 Å². The van der Waals surface area contributed by atoms with E-state index in [-0.39, 0.29) is 0 Å². The summed E-state index contributed by atoms with van der Waals surface area (Å²) in [5, 5.41) is 0. The van der Waals surface area contributed by atoms with E-state index in [1.807, 2.05) is 12.2 Å². The first-order chi connectivity index (χ1) is 5.16. The number of hydrogen-bond acceptors (Lipinski definition) is 1. The Balaban J connectivity index is 3.80. The molecule has 0 rings (SSSR count). The third-order valence-electron chi connectivity index (χ3n) is 1.19. The van der Waals surface area contributed by atoms with E-state index in [4.69, 9.17) is 0 Å². The van der Waals surface area contributed by atoms with E-state index >= 15 is 0 Å². The average molecular weight is 151 g/mol. The fourth-order valence-corrected chi connectivity index (χ4v) is 0.850. The molecule has 0 amide bonds. The van der Waals surface area contributed by atoms with Crippen molar-refractivity contribution in [2.24, 2.45) is 0 Å². The highest BCUT2D eigenvalue weighted by atomic mass is 15.0. The van der Waals surface area contributed by atoms with Gasteiger partial charge in [0.15, 0.2) is 0 Å². The zero-order valence-electron chi connectivity index (χ0n) is 7.67.